The molecule has 0 radical (unpaired) electrons. The summed E-state index contributed by atoms with van der Waals surface area (Å²) in [6.45, 7) is 6.50. The van der Waals surface area contributed by atoms with E-state index in [1.54, 1.807) is 12.1 Å². The van der Waals surface area contributed by atoms with Crippen molar-refractivity contribution in [1.29, 1.82) is 0 Å². The number of hydrogen-bond donors (Lipinski definition) is 1. The van der Waals surface area contributed by atoms with Crippen LogP contribution in [0.1, 0.15) is 41.3 Å². The summed E-state index contributed by atoms with van der Waals surface area (Å²) in [6.07, 6.45) is 1.99. The van der Waals surface area contributed by atoms with Crippen molar-refractivity contribution >= 4 is 0 Å². The van der Waals surface area contributed by atoms with Crippen LogP contribution in [0.2, 0.25) is 0 Å². The molecule has 1 aliphatic heterocycles. The quantitative estimate of drug-likeness (QED) is 0.717. The van der Waals surface area contributed by atoms with Gasteiger partial charge < -0.3 is 9.63 Å². The van der Waals surface area contributed by atoms with Crippen LogP contribution < -0.4 is 0 Å². The van der Waals surface area contributed by atoms with E-state index in [1.807, 2.05) is 13.0 Å². The van der Waals surface area contributed by atoms with Gasteiger partial charge >= 0.3 is 0 Å². The van der Waals surface area contributed by atoms with E-state index in [4.69, 9.17) is 4.52 Å². The Kier molecular flexibility index (Phi) is 5.13. The molecule has 0 spiro atoms. The lowest BCUT2D eigenvalue weighted by Gasteiger charge is -2.31. The number of aryl methyl sites for hydroxylation is 2. The van der Waals surface area contributed by atoms with Crippen molar-refractivity contribution in [1.82, 2.24) is 15.0 Å². The number of piperidine rings is 1. The average molecular weight is 381 g/mol. The molecule has 0 amide bonds. The topological polar surface area (TPSA) is 62.4 Å². The van der Waals surface area contributed by atoms with Gasteiger partial charge in [-0.3, -0.25) is 4.90 Å². The molecule has 4 rings (SSSR count). The molecule has 2 heterocycles. The summed E-state index contributed by atoms with van der Waals surface area (Å²) < 4.78 is 18.9. The molecular formula is C22H24FN3O2. The summed E-state index contributed by atoms with van der Waals surface area (Å²) in [6, 6.07) is 10.1. The highest BCUT2D eigenvalue weighted by molar-refractivity contribution is 5.53. The Morgan fingerprint density at radius 3 is 2.86 bits per heavy atom. The van der Waals surface area contributed by atoms with Crippen LogP contribution in [-0.2, 0) is 6.54 Å². The second kappa shape index (κ2) is 7.72. The highest BCUT2D eigenvalue weighted by atomic mass is 19.1. The van der Waals surface area contributed by atoms with Crippen LogP contribution in [0.4, 0.5) is 4.39 Å². The minimum Gasteiger partial charge on any atom is -0.508 e. The summed E-state index contributed by atoms with van der Waals surface area (Å²) >= 11 is 0. The Hall–Kier alpha value is -2.73. The van der Waals surface area contributed by atoms with Gasteiger partial charge in [0.25, 0.3) is 0 Å². The third-order valence-corrected chi connectivity index (χ3v) is 5.47. The summed E-state index contributed by atoms with van der Waals surface area (Å²) in [7, 11) is 0. The molecule has 1 fully saturated rings. The Morgan fingerprint density at radius 2 is 2.04 bits per heavy atom. The normalized spacial score (nSPS) is 17.8. The van der Waals surface area contributed by atoms with Gasteiger partial charge in [0.2, 0.25) is 11.7 Å². The van der Waals surface area contributed by atoms with Gasteiger partial charge in [0.05, 0.1) is 5.92 Å². The van der Waals surface area contributed by atoms with E-state index in [0.717, 1.165) is 37.1 Å². The molecule has 5 nitrogen and oxygen atoms in total. The number of nitrogens with zero attached hydrogens (tertiary/aromatic N) is 3. The number of aromatic nitrogens is 2. The molecule has 0 bridgehead atoms. The van der Waals surface area contributed by atoms with Crippen molar-refractivity contribution in [3.05, 3.63) is 64.8 Å². The fourth-order valence-corrected chi connectivity index (χ4v) is 3.77. The van der Waals surface area contributed by atoms with Crippen molar-refractivity contribution in [2.24, 2.45) is 0 Å². The van der Waals surface area contributed by atoms with E-state index in [9.17, 15) is 9.50 Å². The first kappa shape index (κ1) is 18.6. The molecule has 1 aromatic heterocycles. The molecule has 1 aliphatic rings. The number of phenols is 1. The predicted octanol–water partition coefficient (Wildman–Crippen LogP) is 4.58. The second-order valence-corrected chi connectivity index (χ2v) is 7.61. The fourth-order valence-electron chi connectivity index (χ4n) is 3.77. The monoisotopic (exact) mass is 381 g/mol. The smallest absolute Gasteiger partial charge is 0.231 e. The molecule has 28 heavy (non-hydrogen) atoms. The van der Waals surface area contributed by atoms with Gasteiger partial charge in [-0.2, -0.15) is 4.98 Å². The Labute approximate surface area is 163 Å². The zero-order valence-electron chi connectivity index (χ0n) is 16.2. The number of benzene rings is 2. The van der Waals surface area contributed by atoms with Gasteiger partial charge in [-0.25, -0.2) is 4.39 Å². The highest BCUT2D eigenvalue weighted by Crippen LogP contribution is 2.30. The van der Waals surface area contributed by atoms with Gasteiger partial charge in [-0.05, 0) is 62.6 Å². The van der Waals surface area contributed by atoms with Gasteiger partial charge in [0, 0.05) is 24.2 Å². The lowest BCUT2D eigenvalue weighted by Crippen LogP contribution is -2.34. The van der Waals surface area contributed by atoms with Crippen molar-refractivity contribution in [2.45, 2.75) is 39.2 Å². The van der Waals surface area contributed by atoms with E-state index in [-0.39, 0.29) is 11.7 Å². The van der Waals surface area contributed by atoms with E-state index in [1.165, 1.54) is 17.7 Å². The lowest BCUT2D eigenvalue weighted by molar-refractivity contribution is 0.179. The Bertz CT molecular complexity index is 986. The molecule has 0 aliphatic carbocycles. The highest BCUT2D eigenvalue weighted by Gasteiger charge is 2.27. The Balaban J connectivity index is 1.48. The SMILES string of the molecule is Cc1cc(O)c(CN2CCCC(c3nc(-c4cccc(F)c4)no3)C2)cc1C. The van der Waals surface area contributed by atoms with Gasteiger partial charge in [-0.1, -0.05) is 23.4 Å². The maximum Gasteiger partial charge on any atom is 0.231 e. The van der Waals surface area contributed by atoms with Crippen LogP contribution in [0.5, 0.6) is 5.75 Å². The standard InChI is InChI=1S/C22H24FN3O2/c1-14-9-18(20(27)10-15(14)2)13-26-8-4-6-17(12-26)22-24-21(25-28-22)16-5-3-7-19(23)11-16/h3,5,7,9-11,17,27H,4,6,8,12-13H2,1-2H3. The maximum atomic E-state index is 13.4. The van der Waals surface area contributed by atoms with E-state index < -0.39 is 0 Å². The fraction of sp³-hybridized carbons (Fsp3) is 0.364. The first-order chi connectivity index (χ1) is 13.5. The molecule has 3 aromatic rings. The zero-order chi connectivity index (χ0) is 19.7. The molecule has 2 aromatic carbocycles. The Morgan fingerprint density at radius 1 is 1.21 bits per heavy atom. The van der Waals surface area contributed by atoms with E-state index >= 15 is 0 Å². The van der Waals surface area contributed by atoms with Crippen LogP contribution in [0.15, 0.2) is 40.9 Å². The molecular weight excluding hydrogens is 357 g/mol. The van der Waals surface area contributed by atoms with E-state index in [0.29, 0.717) is 29.6 Å². The molecule has 1 saturated heterocycles. The minimum absolute atomic E-state index is 0.136. The molecule has 1 N–H and O–H groups in total. The summed E-state index contributed by atoms with van der Waals surface area (Å²) in [5.74, 6) is 1.17. The molecule has 1 unspecified atom stereocenters. The first-order valence-corrected chi connectivity index (χ1v) is 9.60. The molecule has 0 saturated carbocycles. The summed E-state index contributed by atoms with van der Waals surface area (Å²) in [5.41, 5.74) is 3.82. The molecule has 1 atom stereocenters. The van der Waals surface area contributed by atoms with Crippen molar-refractivity contribution in [3.8, 4) is 17.1 Å². The molecule has 6 heteroatoms. The third-order valence-electron chi connectivity index (χ3n) is 5.47. The average Bonchev–Trinajstić information content (AvgIpc) is 3.17. The van der Waals surface area contributed by atoms with Crippen LogP contribution in [0.25, 0.3) is 11.4 Å². The van der Waals surface area contributed by atoms with Crippen LogP contribution in [0.3, 0.4) is 0 Å². The van der Waals surface area contributed by atoms with Crippen LogP contribution >= 0.6 is 0 Å². The van der Waals surface area contributed by atoms with Gasteiger partial charge in [-0.15, -0.1) is 0 Å². The summed E-state index contributed by atoms with van der Waals surface area (Å²) in [4.78, 5) is 6.82. The van der Waals surface area contributed by atoms with Crippen LogP contribution in [-0.4, -0.2) is 33.2 Å². The lowest BCUT2D eigenvalue weighted by atomic mass is 9.97. The zero-order valence-corrected chi connectivity index (χ0v) is 16.2. The number of aromatic hydroxyl groups is 1. The second-order valence-electron chi connectivity index (χ2n) is 7.61. The number of rotatable bonds is 4. The summed E-state index contributed by atoms with van der Waals surface area (Å²) in [5, 5.41) is 14.3. The minimum atomic E-state index is -0.319. The number of hydrogen-bond acceptors (Lipinski definition) is 5. The maximum absolute atomic E-state index is 13.4. The number of likely N-dealkylation sites (tertiary alicyclic amines) is 1. The largest absolute Gasteiger partial charge is 0.508 e. The van der Waals surface area contributed by atoms with Crippen molar-refractivity contribution in [3.63, 3.8) is 0 Å². The predicted molar refractivity (Wildman–Crippen MR) is 105 cm³/mol. The molecule has 146 valence electrons. The van der Waals surface area contributed by atoms with E-state index in [2.05, 4.69) is 28.0 Å². The first-order valence-electron chi connectivity index (χ1n) is 9.60. The van der Waals surface area contributed by atoms with Crippen molar-refractivity contribution in [2.75, 3.05) is 13.1 Å². The van der Waals surface area contributed by atoms with Crippen LogP contribution in [0, 0.1) is 19.7 Å². The number of phenolic OH excluding ortho intramolecular Hbond substituents is 1. The third kappa shape index (κ3) is 3.92. The van der Waals surface area contributed by atoms with Gasteiger partial charge in [0.1, 0.15) is 11.6 Å². The van der Waals surface area contributed by atoms with Gasteiger partial charge in [0.15, 0.2) is 0 Å². The van der Waals surface area contributed by atoms with Crippen molar-refractivity contribution < 1.29 is 14.0 Å². The number of halogens is 1.